The summed E-state index contributed by atoms with van der Waals surface area (Å²) >= 11 is 3.26. The first-order valence-corrected chi connectivity index (χ1v) is 8.87. The minimum atomic E-state index is -3.57. The number of benzene rings is 2. The van der Waals surface area contributed by atoms with E-state index in [4.69, 9.17) is 5.73 Å². The first-order chi connectivity index (χ1) is 9.97. The smallest absolute Gasteiger partial charge is 0.242 e. The average Bonchev–Trinajstić information content (AvgIpc) is 3.21. The molecule has 110 valence electrons. The third-order valence-corrected chi connectivity index (χ3v) is 6.05. The third-order valence-electron chi connectivity index (χ3n) is 3.57. The van der Waals surface area contributed by atoms with E-state index in [0.717, 1.165) is 12.0 Å². The summed E-state index contributed by atoms with van der Waals surface area (Å²) in [4.78, 5) is 0.182. The van der Waals surface area contributed by atoms with Gasteiger partial charge in [-0.15, -0.1) is 0 Å². The number of hydrogen-bond donors (Lipinski definition) is 2. The second-order valence-electron chi connectivity index (χ2n) is 5.17. The van der Waals surface area contributed by atoms with E-state index in [9.17, 15) is 8.42 Å². The van der Waals surface area contributed by atoms with Crippen molar-refractivity contribution in [2.24, 2.45) is 0 Å². The van der Waals surface area contributed by atoms with E-state index < -0.39 is 10.0 Å². The van der Waals surface area contributed by atoms with Gasteiger partial charge in [0.2, 0.25) is 10.0 Å². The normalized spacial score (nSPS) is 21.2. The van der Waals surface area contributed by atoms with Crippen LogP contribution in [0.5, 0.6) is 0 Å². The largest absolute Gasteiger partial charge is 0.399 e. The lowest BCUT2D eigenvalue weighted by molar-refractivity contribution is 0.579. The molecule has 1 aliphatic rings. The van der Waals surface area contributed by atoms with Gasteiger partial charge in [-0.25, -0.2) is 13.1 Å². The average molecular weight is 367 g/mol. The molecule has 0 amide bonds. The molecule has 1 aliphatic carbocycles. The van der Waals surface area contributed by atoms with Gasteiger partial charge in [-0.05, 0) is 46.1 Å². The predicted octanol–water partition coefficient (Wildman–Crippen LogP) is 2.87. The Kier molecular flexibility index (Phi) is 3.77. The van der Waals surface area contributed by atoms with E-state index in [-0.39, 0.29) is 16.9 Å². The molecule has 2 atom stereocenters. The fraction of sp³-hybridized carbons (Fsp3) is 0.200. The number of nitrogen functional groups attached to an aromatic ring is 1. The van der Waals surface area contributed by atoms with Crippen molar-refractivity contribution in [3.05, 3.63) is 58.6 Å². The molecular weight excluding hydrogens is 352 g/mol. The van der Waals surface area contributed by atoms with Gasteiger partial charge in [0.25, 0.3) is 0 Å². The lowest BCUT2D eigenvalue weighted by Crippen LogP contribution is -2.27. The van der Waals surface area contributed by atoms with Crippen molar-refractivity contribution in [3.8, 4) is 0 Å². The van der Waals surface area contributed by atoms with Crippen LogP contribution in [0, 0.1) is 0 Å². The number of nitrogens with two attached hydrogens (primary N) is 1. The molecule has 2 aromatic rings. The second-order valence-corrected chi connectivity index (χ2v) is 7.71. The Bertz CT molecular complexity index is 762. The zero-order valence-corrected chi connectivity index (χ0v) is 13.6. The van der Waals surface area contributed by atoms with Gasteiger partial charge in [0.1, 0.15) is 0 Å². The maximum Gasteiger partial charge on any atom is 0.242 e. The van der Waals surface area contributed by atoms with Crippen molar-refractivity contribution >= 4 is 31.6 Å². The molecule has 0 spiro atoms. The van der Waals surface area contributed by atoms with Gasteiger partial charge in [-0.1, -0.05) is 30.3 Å². The van der Waals surface area contributed by atoms with Gasteiger partial charge in [0.05, 0.1) is 4.90 Å². The molecule has 0 heterocycles. The molecule has 2 unspecified atom stereocenters. The van der Waals surface area contributed by atoms with Crippen LogP contribution in [-0.4, -0.2) is 14.5 Å². The molecule has 0 aromatic heterocycles. The van der Waals surface area contributed by atoms with Crippen LogP contribution in [0.1, 0.15) is 17.9 Å². The number of hydrogen-bond acceptors (Lipinski definition) is 3. The van der Waals surface area contributed by atoms with Gasteiger partial charge >= 0.3 is 0 Å². The van der Waals surface area contributed by atoms with Crippen LogP contribution in [0.25, 0.3) is 0 Å². The maximum atomic E-state index is 12.4. The molecule has 1 saturated carbocycles. The van der Waals surface area contributed by atoms with E-state index in [1.165, 1.54) is 6.07 Å². The number of rotatable bonds is 4. The van der Waals surface area contributed by atoms with Crippen molar-refractivity contribution in [1.82, 2.24) is 4.72 Å². The van der Waals surface area contributed by atoms with Crippen LogP contribution >= 0.6 is 15.9 Å². The van der Waals surface area contributed by atoms with Crippen molar-refractivity contribution in [1.29, 1.82) is 0 Å². The summed E-state index contributed by atoms with van der Waals surface area (Å²) in [7, 11) is -3.57. The summed E-state index contributed by atoms with van der Waals surface area (Å²) in [5, 5.41) is 0. The molecule has 2 aromatic carbocycles. The third kappa shape index (κ3) is 3.12. The van der Waals surface area contributed by atoms with Crippen molar-refractivity contribution < 1.29 is 8.42 Å². The Morgan fingerprint density at radius 1 is 1.14 bits per heavy atom. The zero-order valence-electron chi connectivity index (χ0n) is 11.2. The number of halogens is 1. The number of sulfonamides is 1. The van der Waals surface area contributed by atoms with Crippen LogP contribution in [0.2, 0.25) is 0 Å². The topological polar surface area (TPSA) is 72.2 Å². The van der Waals surface area contributed by atoms with Crippen LogP contribution in [0.15, 0.2) is 57.9 Å². The van der Waals surface area contributed by atoms with Crippen molar-refractivity contribution in [2.75, 3.05) is 5.73 Å². The highest BCUT2D eigenvalue weighted by Gasteiger charge is 2.41. The Balaban J connectivity index is 1.78. The maximum absolute atomic E-state index is 12.4. The van der Waals surface area contributed by atoms with Gasteiger partial charge < -0.3 is 5.73 Å². The summed E-state index contributed by atoms with van der Waals surface area (Å²) in [6, 6.07) is 14.7. The van der Waals surface area contributed by atoms with E-state index in [0.29, 0.717) is 10.2 Å². The first kappa shape index (κ1) is 14.6. The molecule has 21 heavy (non-hydrogen) atoms. The minimum absolute atomic E-state index is 0.0502. The lowest BCUT2D eigenvalue weighted by Gasteiger charge is -2.09. The Morgan fingerprint density at radius 3 is 2.57 bits per heavy atom. The monoisotopic (exact) mass is 366 g/mol. The summed E-state index contributed by atoms with van der Waals surface area (Å²) in [6.07, 6.45) is 0.823. The number of nitrogens with one attached hydrogen (secondary N) is 1. The van der Waals surface area contributed by atoms with E-state index in [2.05, 4.69) is 20.7 Å². The fourth-order valence-electron chi connectivity index (χ4n) is 2.38. The molecule has 3 N–H and O–H groups in total. The summed E-state index contributed by atoms with van der Waals surface area (Å²) < 4.78 is 28.1. The van der Waals surface area contributed by atoms with Crippen molar-refractivity contribution in [3.63, 3.8) is 0 Å². The summed E-state index contributed by atoms with van der Waals surface area (Å²) in [5.74, 6) is 0.251. The van der Waals surface area contributed by atoms with Crippen molar-refractivity contribution in [2.45, 2.75) is 23.3 Å². The highest BCUT2D eigenvalue weighted by Crippen LogP contribution is 2.41. The molecule has 3 rings (SSSR count). The highest BCUT2D eigenvalue weighted by atomic mass is 79.9. The minimum Gasteiger partial charge on any atom is -0.399 e. The van der Waals surface area contributed by atoms with Gasteiger partial charge in [0, 0.05) is 22.1 Å². The molecule has 0 bridgehead atoms. The Labute approximate surface area is 132 Å². The lowest BCUT2D eigenvalue weighted by atomic mass is 10.1. The standard InChI is InChI=1S/C15H15BrN2O2S/c16-13-7-6-11(17)8-15(13)21(19,20)18-14-9-12(14)10-4-2-1-3-5-10/h1-8,12,14,18H,9,17H2. The number of anilines is 1. The molecule has 6 heteroatoms. The molecular formula is C15H15BrN2O2S. The van der Waals surface area contributed by atoms with Gasteiger partial charge in [-0.2, -0.15) is 0 Å². The van der Waals surface area contributed by atoms with E-state index in [1.54, 1.807) is 12.1 Å². The first-order valence-electron chi connectivity index (χ1n) is 6.60. The Hall–Kier alpha value is -1.37. The van der Waals surface area contributed by atoms with E-state index in [1.807, 2.05) is 30.3 Å². The highest BCUT2D eigenvalue weighted by molar-refractivity contribution is 9.10. The molecule has 0 radical (unpaired) electrons. The summed E-state index contributed by atoms with van der Waals surface area (Å²) in [5.41, 5.74) is 7.26. The van der Waals surface area contributed by atoms with Crippen LogP contribution < -0.4 is 10.5 Å². The van der Waals surface area contributed by atoms with Crippen LogP contribution in [-0.2, 0) is 10.0 Å². The Morgan fingerprint density at radius 2 is 1.86 bits per heavy atom. The van der Waals surface area contributed by atoms with E-state index >= 15 is 0 Å². The van der Waals surface area contributed by atoms with Gasteiger partial charge in [-0.3, -0.25) is 0 Å². The van der Waals surface area contributed by atoms with Crippen LogP contribution in [0.4, 0.5) is 5.69 Å². The molecule has 4 nitrogen and oxygen atoms in total. The van der Waals surface area contributed by atoms with Crippen LogP contribution in [0.3, 0.4) is 0 Å². The molecule has 1 fully saturated rings. The molecule has 0 aliphatic heterocycles. The predicted molar refractivity (Wildman–Crippen MR) is 86.5 cm³/mol. The SMILES string of the molecule is Nc1ccc(Br)c(S(=O)(=O)NC2CC2c2ccccc2)c1. The quantitative estimate of drug-likeness (QED) is 0.817. The second kappa shape index (κ2) is 5.44. The zero-order chi connectivity index (χ0) is 15.0. The fourth-order valence-corrected chi connectivity index (χ4v) is 4.67. The molecule has 0 saturated heterocycles. The summed E-state index contributed by atoms with van der Waals surface area (Å²) in [6.45, 7) is 0. The van der Waals surface area contributed by atoms with Gasteiger partial charge in [0.15, 0.2) is 0 Å².